The number of hydrogen-bond acceptors (Lipinski definition) is 3. The average Bonchev–Trinajstić information content (AvgIpc) is 2.05. The van der Waals surface area contributed by atoms with Crippen LogP contribution in [0.2, 0.25) is 0 Å². The van der Waals surface area contributed by atoms with Gasteiger partial charge in [0.05, 0.1) is 12.7 Å². The van der Waals surface area contributed by atoms with Gasteiger partial charge >= 0.3 is 25.4 Å². The molecule has 1 aromatic rings. The monoisotopic (exact) mass is 232 g/mol. The van der Waals surface area contributed by atoms with Crippen LogP contribution in [0.3, 0.4) is 0 Å². The first kappa shape index (κ1) is 14.6. The first-order chi connectivity index (χ1) is 5.24. The van der Waals surface area contributed by atoms with E-state index < -0.39 is 5.97 Å². The summed E-state index contributed by atoms with van der Waals surface area (Å²) in [6.07, 6.45) is 0. The van der Waals surface area contributed by atoms with E-state index in [9.17, 15) is 4.79 Å². The number of benzene rings is 1. The molecule has 0 saturated heterocycles. The Labute approximate surface area is 88.6 Å². The van der Waals surface area contributed by atoms with Crippen molar-refractivity contribution in [3.8, 4) is 5.75 Å². The molecule has 0 aliphatic carbocycles. The smallest absolute Gasteiger partial charge is 2.00 e. The quantitative estimate of drug-likeness (QED) is 0.582. The molecular formula is C8H8O4Zn. The third kappa shape index (κ3) is 4.01. The van der Waals surface area contributed by atoms with E-state index in [2.05, 4.69) is 4.74 Å². The molecule has 0 aliphatic heterocycles. The van der Waals surface area contributed by atoms with Gasteiger partial charge in [-0.3, -0.25) is 0 Å². The molecule has 5 heteroatoms. The van der Waals surface area contributed by atoms with Gasteiger partial charge in [0, 0.05) is 0 Å². The fraction of sp³-hybridized carbons (Fsp3) is 0.125. The normalized spacial score (nSPS) is 7.77. The van der Waals surface area contributed by atoms with Crippen molar-refractivity contribution in [2.24, 2.45) is 0 Å². The molecule has 0 amide bonds. The van der Waals surface area contributed by atoms with E-state index in [0.29, 0.717) is 5.56 Å². The van der Waals surface area contributed by atoms with Crippen LogP contribution in [0.4, 0.5) is 0 Å². The molecule has 0 bridgehead atoms. The summed E-state index contributed by atoms with van der Waals surface area (Å²) in [7, 11) is 1.31. The number of rotatable bonds is 1. The molecule has 1 rings (SSSR count). The van der Waals surface area contributed by atoms with Crippen molar-refractivity contribution in [1.29, 1.82) is 0 Å². The number of phenols is 1. The van der Waals surface area contributed by atoms with Gasteiger partial charge in [0.25, 0.3) is 0 Å². The Morgan fingerprint density at radius 1 is 1.31 bits per heavy atom. The van der Waals surface area contributed by atoms with E-state index in [0.717, 1.165) is 0 Å². The molecule has 0 spiro atoms. The Morgan fingerprint density at radius 2 is 1.77 bits per heavy atom. The summed E-state index contributed by atoms with van der Waals surface area (Å²) in [6, 6.07) is 5.88. The minimum absolute atomic E-state index is 0. The van der Waals surface area contributed by atoms with Crippen molar-refractivity contribution in [2.75, 3.05) is 7.11 Å². The van der Waals surface area contributed by atoms with Gasteiger partial charge in [0.15, 0.2) is 0 Å². The van der Waals surface area contributed by atoms with Crippen molar-refractivity contribution in [1.82, 2.24) is 0 Å². The van der Waals surface area contributed by atoms with Crippen molar-refractivity contribution in [3.63, 3.8) is 0 Å². The third-order valence-corrected chi connectivity index (χ3v) is 1.29. The fourth-order valence-corrected chi connectivity index (χ4v) is 0.715. The molecular weight excluding hydrogens is 225 g/mol. The third-order valence-electron chi connectivity index (χ3n) is 1.29. The maximum atomic E-state index is 10.8. The molecule has 0 aliphatic rings. The van der Waals surface area contributed by atoms with Gasteiger partial charge in [-0.25, -0.2) is 4.79 Å². The predicted octanol–water partition coefficient (Wildman–Crippen LogP) is 1.06. The molecule has 0 aromatic heterocycles. The van der Waals surface area contributed by atoms with Crippen molar-refractivity contribution in [3.05, 3.63) is 29.8 Å². The van der Waals surface area contributed by atoms with Crippen molar-refractivity contribution in [2.45, 2.75) is 0 Å². The first-order valence-corrected chi connectivity index (χ1v) is 3.11. The molecule has 0 heterocycles. The summed E-state index contributed by atoms with van der Waals surface area (Å²) >= 11 is 0. The fourth-order valence-electron chi connectivity index (χ4n) is 0.715. The molecule has 1 N–H and O–H groups in total. The molecule has 0 atom stereocenters. The molecule has 0 saturated carbocycles. The van der Waals surface area contributed by atoms with Crippen LogP contribution in [0.1, 0.15) is 10.4 Å². The summed E-state index contributed by atoms with van der Waals surface area (Å²) in [5.74, 6) is -0.261. The Kier molecular flexibility index (Phi) is 7.38. The Bertz CT molecular complexity index is 257. The van der Waals surface area contributed by atoms with Gasteiger partial charge in [-0.05, 0) is 24.3 Å². The summed E-state index contributed by atoms with van der Waals surface area (Å²) in [5.41, 5.74) is 0.435. The molecule has 13 heavy (non-hydrogen) atoms. The van der Waals surface area contributed by atoms with E-state index >= 15 is 0 Å². The van der Waals surface area contributed by atoms with Gasteiger partial charge < -0.3 is 15.3 Å². The van der Waals surface area contributed by atoms with Crippen LogP contribution >= 0.6 is 0 Å². The maximum absolute atomic E-state index is 10.8. The number of carbonyl (C=O) groups excluding carboxylic acids is 1. The van der Waals surface area contributed by atoms with E-state index in [-0.39, 0.29) is 30.7 Å². The number of methoxy groups -OCH3 is 1. The van der Waals surface area contributed by atoms with E-state index in [4.69, 9.17) is 5.11 Å². The van der Waals surface area contributed by atoms with E-state index in [1.807, 2.05) is 0 Å². The van der Waals surface area contributed by atoms with E-state index in [1.165, 1.54) is 31.4 Å². The van der Waals surface area contributed by atoms with Crippen molar-refractivity contribution < 1.29 is 39.6 Å². The number of phenolic OH excluding ortho intramolecular Hbond substituents is 1. The van der Waals surface area contributed by atoms with Crippen LogP contribution in [-0.2, 0) is 29.7 Å². The molecule has 66 valence electrons. The molecule has 0 unspecified atom stereocenters. The Balaban J connectivity index is 0. The van der Waals surface area contributed by atoms with Gasteiger partial charge in [0.2, 0.25) is 0 Å². The summed E-state index contributed by atoms with van der Waals surface area (Å²) < 4.78 is 4.46. The topological polar surface area (TPSA) is 75.0 Å². The number of esters is 1. The van der Waals surface area contributed by atoms with Crippen LogP contribution in [0, 0.1) is 0 Å². The van der Waals surface area contributed by atoms with Gasteiger partial charge in [-0.1, -0.05) is 0 Å². The summed E-state index contributed by atoms with van der Waals surface area (Å²) in [4.78, 5) is 10.8. The predicted molar refractivity (Wildman–Crippen MR) is 40.1 cm³/mol. The van der Waals surface area contributed by atoms with Crippen LogP contribution < -0.4 is 0 Å². The number of carbonyl (C=O) groups is 1. The molecule has 0 fully saturated rings. The Morgan fingerprint density at radius 3 is 2.15 bits per heavy atom. The van der Waals surface area contributed by atoms with Crippen LogP contribution in [0.25, 0.3) is 0 Å². The number of hydrogen-bond donors (Lipinski definition) is 1. The number of ether oxygens (including phenoxy) is 1. The zero-order valence-corrected chi connectivity index (χ0v) is 10.2. The van der Waals surface area contributed by atoms with Crippen LogP contribution in [-0.4, -0.2) is 18.2 Å². The zero-order chi connectivity index (χ0) is 8.27. The summed E-state index contributed by atoms with van der Waals surface area (Å²) in [5, 5.41) is 8.86. The molecule has 0 radical (unpaired) electrons. The average molecular weight is 234 g/mol. The van der Waals surface area contributed by atoms with Gasteiger partial charge in [0.1, 0.15) is 5.75 Å². The SMILES string of the molecule is COC(=O)c1ccc(O)cc1.[O-2].[Zn+2]. The van der Waals surface area contributed by atoms with Crippen LogP contribution in [0.15, 0.2) is 24.3 Å². The molecule has 1 aromatic carbocycles. The minimum Gasteiger partial charge on any atom is -2.00 e. The van der Waals surface area contributed by atoms with Gasteiger partial charge in [-0.2, -0.15) is 0 Å². The largest absolute Gasteiger partial charge is 2.00 e. The number of aromatic hydroxyl groups is 1. The zero-order valence-electron chi connectivity index (χ0n) is 7.19. The van der Waals surface area contributed by atoms with Crippen molar-refractivity contribution >= 4 is 5.97 Å². The van der Waals surface area contributed by atoms with Crippen LogP contribution in [0.5, 0.6) is 5.75 Å². The minimum atomic E-state index is -0.398. The second-order valence-electron chi connectivity index (χ2n) is 2.04. The standard InChI is InChI=1S/C8H8O3.O.Zn/c1-11-8(10)6-2-4-7(9)5-3-6;;/h2-5,9H,1H3;;/q;-2;+2. The first-order valence-electron chi connectivity index (χ1n) is 3.11. The van der Waals surface area contributed by atoms with E-state index in [1.54, 1.807) is 0 Å². The maximum Gasteiger partial charge on any atom is 2.00 e. The second kappa shape index (κ2) is 6.57. The second-order valence-corrected chi connectivity index (χ2v) is 2.04. The summed E-state index contributed by atoms with van der Waals surface area (Å²) in [6.45, 7) is 0. The molecule has 4 nitrogen and oxygen atoms in total. The Hall–Kier alpha value is -0.927. The van der Waals surface area contributed by atoms with Gasteiger partial charge in [-0.15, -0.1) is 0 Å².